The molecule has 3 N–H and O–H groups in total. The lowest BCUT2D eigenvalue weighted by molar-refractivity contribution is -0.885. The highest BCUT2D eigenvalue weighted by atomic mass is 35.5. The minimum Gasteiger partial charge on any atom is -0.495 e. The quantitative estimate of drug-likeness (QED) is 0.576. The first-order chi connectivity index (χ1) is 13.8. The van der Waals surface area contributed by atoms with Crippen molar-refractivity contribution in [2.75, 3.05) is 32.6 Å². The van der Waals surface area contributed by atoms with Gasteiger partial charge in [-0.2, -0.15) is 0 Å². The molecule has 0 saturated carbocycles. The van der Waals surface area contributed by atoms with Gasteiger partial charge >= 0.3 is 0 Å². The predicted octanol–water partition coefficient (Wildman–Crippen LogP) is 1.69. The van der Waals surface area contributed by atoms with Gasteiger partial charge in [0.2, 0.25) is 0 Å². The van der Waals surface area contributed by atoms with Crippen molar-refractivity contribution in [3.63, 3.8) is 0 Å². The van der Waals surface area contributed by atoms with E-state index in [1.54, 1.807) is 44.3 Å². The fourth-order valence-electron chi connectivity index (χ4n) is 2.74. The Kier molecular flexibility index (Phi) is 8.42. The first-order valence-electron chi connectivity index (χ1n) is 9.28. The van der Waals surface area contributed by atoms with Gasteiger partial charge in [0.15, 0.2) is 12.6 Å². The van der Waals surface area contributed by atoms with Gasteiger partial charge in [-0.25, -0.2) is 4.39 Å². The highest BCUT2D eigenvalue weighted by Crippen LogP contribution is 2.27. The normalized spacial score (nSPS) is 12.7. The zero-order chi connectivity index (χ0) is 21.4. The molecule has 0 fully saturated rings. The third-order valence-electron chi connectivity index (χ3n) is 4.63. The first-order valence-corrected chi connectivity index (χ1v) is 9.65. The van der Waals surface area contributed by atoms with Crippen molar-refractivity contribution < 1.29 is 23.6 Å². The number of carbonyl (C=O) groups is 2. The molecule has 156 valence electrons. The van der Waals surface area contributed by atoms with E-state index in [0.717, 1.165) is 10.5 Å². The van der Waals surface area contributed by atoms with Gasteiger partial charge < -0.3 is 20.3 Å². The van der Waals surface area contributed by atoms with Gasteiger partial charge in [-0.1, -0.05) is 23.7 Å². The van der Waals surface area contributed by atoms with Gasteiger partial charge in [-0.05, 0) is 49.2 Å². The molecule has 2 aromatic rings. The summed E-state index contributed by atoms with van der Waals surface area (Å²) in [5.41, 5.74) is 1.42. The molecule has 2 atom stereocenters. The maximum atomic E-state index is 12.9. The summed E-state index contributed by atoms with van der Waals surface area (Å²) in [6, 6.07) is 10.7. The number of nitrogens with one attached hydrogen (secondary N) is 3. The lowest BCUT2D eigenvalue weighted by atomic mass is 10.1. The molecule has 0 spiro atoms. The van der Waals surface area contributed by atoms with Crippen molar-refractivity contribution in [1.82, 2.24) is 5.32 Å². The number of likely N-dealkylation sites (N-methyl/N-ethyl adjacent to an activating group) is 1. The molecule has 0 bridgehead atoms. The molecule has 29 heavy (non-hydrogen) atoms. The van der Waals surface area contributed by atoms with E-state index in [1.165, 1.54) is 19.2 Å². The highest BCUT2D eigenvalue weighted by Gasteiger charge is 2.24. The summed E-state index contributed by atoms with van der Waals surface area (Å²) in [5.74, 6) is -0.191. The van der Waals surface area contributed by atoms with Gasteiger partial charge in [-0.15, -0.1) is 0 Å². The molecular weight excluding hydrogens is 397 g/mol. The average Bonchev–Trinajstić information content (AvgIpc) is 2.68. The minimum atomic E-state index is -0.421. The van der Waals surface area contributed by atoms with E-state index in [4.69, 9.17) is 16.3 Å². The molecule has 0 radical (unpaired) electrons. The van der Waals surface area contributed by atoms with Crippen LogP contribution < -0.4 is 20.3 Å². The second-order valence-corrected chi connectivity index (χ2v) is 7.24. The number of carbonyl (C=O) groups excluding carboxylic acids is 2. The Labute approximate surface area is 175 Å². The minimum absolute atomic E-state index is 0.0994. The molecule has 0 aliphatic rings. The molecule has 0 aliphatic heterocycles. The summed E-state index contributed by atoms with van der Waals surface area (Å²) in [4.78, 5) is 25.5. The Morgan fingerprint density at radius 1 is 1.21 bits per heavy atom. The van der Waals surface area contributed by atoms with E-state index < -0.39 is 6.04 Å². The second kappa shape index (κ2) is 10.8. The Bertz CT molecular complexity index is 846. The number of amides is 2. The fourth-order valence-corrected chi connectivity index (χ4v) is 2.91. The van der Waals surface area contributed by atoms with Crippen LogP contribution in [-0.4, -0.2) is 45.1 Å². The van der Waals surface area contributed by atoms with E-state index in [0.29, 0.717) is 29.4 Å². The van der Waals surface area contributed by atoms with E-state index in [2.05, 4.69) is 10.6 Å². The average molecular weight is 423 g/mol. The third kappa shape index (κ3) is 7.03. The fraction of sp³-hybridized carbons (Fsp3) is 0.333. The van der Waals surface area contributed by atoms with E-state index in [-0.39, 0.29) is 24.2 Å². The Morgan fingerprint density at radius 2 is 1.90 bits per heavy atom. The summed E-state index contributed by atoms with van der Waals surface area (Å²) in [6.07, 6.45) is 0.604. The maximum absolute atomic E-state index is 12.9. The van der Waals surface area contributed by atoms with Gasteiger partial charge in [0.1, 0.15) is 11.6 Å². The standard InChI is InChI=1S/C21H25ClFN3O3/c1-14(21(28)24-11-10-15-4-7-17(23)8-5-15)26(2)13-20(27)25-18-12-16(22)6-9-19(18)29-3/h4-9,12,14H,10-11,13H2,1-3H3,(H,24,28)(H,25,27)/p+1/t14-/m0/s1. The summed E-state index contributed by atoms with van der Waals surface area (Å²) in [6.45, 7) is 2.30. The van der Waals surface area contributed by atoms with E-state index in [1.807, 2.05) is 0 Å². The lowest BCUT2D eigenvalue weighted by Gasteiger charge is -2.21. The molecule has 2 aromatic carbocycles. The van der Waals surface area contributed by atoms with Gasteiger partial charge in [0.05, 0.1) is 19.8 Å². The van der Waals surface area contributed by atoms with Crippen molar-refractivity contribution >= 4 is 29.1 Å². The van der Waals surface area contributed by atoms with Crippen LogP contribution in [-0.2, 0) is 16.0 Å². The second-order valence-electron chi connectivity index (χ2n) is 6.81. The molecular formula is C21H26ClFN3O3+. The zero-order valence-corrected chi connectivity index (χ0v) is 17.5. The molecule has 2 rings (SSSR count). The van der Waals surface area contributed by atoms with Crippen LogP contribution in [0.15, 0.2) is 42.5 Å². The summed E-state index contributed by atoms with van der Waals surface area (Å²) < 4.78 is 18.1. The van der Waals surface area contributed by atoms with Crippen LogP contribution in [0.1, 0.15) is 12.5 Å². The molecule has 0 heterocycles. The van der Waals surface area contributed by atoms with Crippen LogP contribution in [0.5, 0.6) is 5.75 Å². The van der Waals surface area contributed by atoms with Crippen LogP contribution >= 0.6 is 11.6 Å². The largest absolute Gasteiger partial charge is 0.495 e. The third-order valence-corrected chi connectivity index (χ3v) is 4.87. The van der Waals surface area contributed by atoms with Crippen LogP contribution in [0, 0.1) is 5.82 Å². The zero-order valence-electron chi connectivity index (χ0n) is 16.7. The van der Waals surface area contributed by atoms with Crippen molar-refractivity contribution in [1.29, 1.82) is 0 Å². The number of quaternary nitrogens is 1. The maximum Gasteiger partial charge on any atom is 0.279 e. The molecule has 1 unspecified atom stereocenters. The molecule has 8 heteroatoms. The molecule has 2 amide bonds. The smallest absolute Gasteiger partial charge is 0.279 e. The predicted molar refractivity (Wildman–Crippen MR) is 111 cm³/mol. The number of halogens is 2. The van der Waals surface area contributed by atoms with E-state index >= 15 is 0 Å². The highest BCUT2D eigenvalue weighted by molar-refractivity contribution is 6.31. The number of ether oxygens (including phenoxy) is 1. The molecule has 0 aliphatic carbocycles. The molecule has 0 aromatic heterocycles. The van der Waals surface area contributed by atoms with Gasteiger partial charge in [-0.3, -0.25) is 9.59 Å². The van der Waals surface area contributed by atoms with E-state index in [9.17, 15) is 14.0 Å². The monoisotopic (exact) mass is 422 g/mol. The van der Waals surface area contributed by atoms with Crippen LogP contribution in [0.3, 0.4) is 0 Å². The van der Waals surface area contributed by atoms with Gasteiger partial charge in [0, 0.05) is 11.6 Å². The number of anilines is 1. The number of hydrogen-bond acceptors (Lipinski definition) is 3. The van der Waals surface area contributed by atoms with Crippen molar-refractivity contribution in [3.05, 3.63) is 58.9 Å². The van der Waals surface area contributed by atoms with Crippen molar-refractivity contribution in [3.8, 4) is 5.75 Å². The Morgan fingerprint density at radius 3 is 2.55 bits per heavy atom. The first kappa shape index (κ1) is 22.6. The Balaban J connectivity index is 1.81. The van der Waals surface area contributed by atoms with Gasteiger partial charge in [0.25, 0.3) is 11.8 Å². The van der Waals surface area contributed by atoms with Crippen LogP contribution in [0.4, 0.5) is 10.1 Å². The van der Waals surface area contributed by atoms with Crippen molar-refractivity contribution in [2.24, 2.45) is 0 Å². The van der Waals surface area contributed by atoms with Crippen molar-refractivity contribution in [2.45, 2.75) is 19.4 Å². The summed E-state index contributed by atoms with van der Waals surface area (Å²) in [5, 5.41) is 6.10. The molecule has 6 nitrogen and oxygen atoms in total. The van der Waals surface area contributed by atoms with Crippen LogP contribution in [0.25, 0.3) is 0 Å². The lowest BCUT2D eigenvalue weighted by Crippen LogP contribution is -3.15. The Hall–Kier alpha value is -2.64. The number of benzene rings is 2. The topological polar surface area (TPSA) is 71.9 Å². The number of methoxy groups -OCH3 is 1. The summed E-state index contributed by atoms with van der Waals surface area (Å²) in [7, 11) is 3.29. The number of rotatable bonds is 9. The number of hydrogen-bond donors (Lipinski definition) is 3. The molecule has 0 saturated heterocycles. The SMILES string of the molecule is COc1ccc(Cl)cc1NC(=O)C[NH+](C)[C@@H](C)C(=O)NCCc1ccc(F)cc1. The van der Waals surface area contributed by atoms with Crippen LogP contribution in [0.2, 0.25) is 5.02 Å². The summed E-state index contributed by atoms with van der Waals surface area (Å²) >= 11 is 5.97.